The molecule has 3 aliphatic heterocycles. The Hall–Kier alpha value is -3.59. The monoisotopic (exact) mass is 450 g/mol. The molecule has 4 amide bonds. The number of halogens is 1. The van der Waals surface area contributed by atoms with Gasteiger partial charge in [-0.3, -0.25) is 29.4 Å². The van der Waals surface area contributed by atoms with Gasteiger partial charge in [0.05, 0.1) is 11.8 Å². The van der Waals surface area contributed by atoms with Crippen LogP contribution in [0, 0.1) is 17.7 Å². The van der Waals surface area contributed by atoms with Crippen LogP contribution in [-0.4, -0.2) is 41.1 Å². The fourth-order valence-corrected chi connectivity index (χ4v) is 5.49. The second-order valence-corrected chi connectivity index (χ2v) is 8.78. The summed E-state index contributed by atoms with van der Waals surface area (Å²) >= 11 is 0. The minimum Gasteiger partial charge on any atom is -0.370 e. The lowest BCUT2D eigenvalue weighted by molar-refractivity contribution is -0.142. The molecule has 8 nitrogen and oxygen atoms in total. The number of hydrogen-bond donors (Lipinski definition) is 3. The SMILES string of the molecule is NC(=O)CC[C@@H]1N[C@@]2(C(=O)Nc3ccc(F)cc32)[C@@H]2C(=O)N(CCc3ccccc3)C(=O)[C@H]12. The fourth-order valence-electron chi connectivity index (χ4n) is 5.49. The van der Waals surface area contributed by atoms with Crippen LogP contribution >= 0.6 is 0 Å². The third kappa shape index (κ3) is 3.22. The van der Waals surface area contributed by atoms with E-state index in [4.69, 9.17) is 5.73 Å². The molecular weight excluding hydrogens is 427 g/mol. The van der Waals surface area contributed by atoms with E-state index < -0.39 is 52.9 Å². The van der Waals surface area contributed by atoms with E-state index in [1.165, 1.54) is 23.1 Å². The van der Waals surface area contributed by atoms with Crippen molar-refractivity contribution in [3.05, 3.63) is 65.5 Å². The van der Waals surface area contributed by atoms with Gasteiger partial charge in [0.1, 0.15) is 11.4 Å². The molecule has 0 aliphatic carbocycles. The van der Waals surface area contributed by atoms with Crippen molar-refractivity contribution < 1.29 is 23.6 Å². The van der Waals surface area contributed by atoms with Gasteiger partial charge in [-0.2, -0.15) is 0 Å². The van der Waals surface area contributed by atoms with E-state index in [-0.39, 0.29) is 19.4 Å². The average molecular weight is 450 g/mol. The number of carbonyl (C=O) groups excluding carboxylic acids is 4. The molecule has 0 saturated carbocycles. The van der Waals surface area contributed by atoms with Crippen LogP contribution in [-0.2, 0) is 31.1 Å². The average Bonchev–Trinajstić information content (AvgIpc) is 3.37. The number of fused-ring (bicyclic) bond motifs is 4. The van der Waals surface area contributed by atoms with Gasteiger partial charge in [-0.25, -0.2) is 4.39 Å². The summed E-state index contributed by atoms with van der Waals surface area (Å²) in [4.78, 5) is 52.9. The molecule has 0 unspecified atom stereocenters. The summed E-state index contributed by atoms with van der Waals surface area (Å²) in [5, 5.41) is 5.88. The Balaban J connectivity index is 1.53. The number of likely N-dealkylation sites (tertiary alicyclic amines) is 1. The fraction of sp³-hybridized carbons (Fsp3) is 0.333. The lowest BCUT2D eigenvalue weighted by Gasteiger charge is -2.29. The summed E-state index contributed by atoms with van der Waals surface area (Å²) < 4.78 is 14.2. The van der Waals surface area contributed by atoms with Crippen LogP contribution < -0.4 is 16.4 Å². The molecule has 5 rings (SSSR count). The van der Waals surface area contributed by atoms with Crippen molar-refractivity contribution in [3.8, 4) is 0 Å². The molecule has 9 heteroatoms. The van der Waals surface area contributed by atoms with E-state index >= 15 is 0 Å². The predicted molar refractivity (Wildman–Crippen MR) is 116 cm³/mol. The van der Waals surface area contributed by atoms with Gasteiger partial charge in [0, 0.05) is 30.3 Å². The van der Waals surface area contributed by atoms with Gasteiger partial charge < -0.3 is 11.1 Å². The number of amides is 4. The van der Waals surface area contributed by atoms with E-state index in [2.05, 4.69) is 10.6 Å². The number of nitrogens with two attached hydrogens (primary N) is 1. The number of nitrogens with one attached hydrogen (secondary N) is 2. The van der Waals surface area contributed by atoms with Crippen LogP contribution in [0.1, 0.15) is 24.0 Å². The van der Waals surface area contributed by atoms with Crippen molar-refractivity contribution in [3.63, 3.8) is 0 Å². The van der Waals surface area contributed by atoms with Gasteiger partial charge in [-0.05, 0) is 36.6 Å². The Kier molecular flexibility index (Phi) is 5.01. The third-order valence-electron chi connectivity index (χ3n) is 6.94. The Morgan fingerprint density at radius 1 is 1.09 bits per heavy atom. The molecule has 4 N–H and O–H groups in total. The lowest BCUT2D eigenvalue weighted by atomic mass is 9.76. The summed E-state index contributed by atoms with van der Waals surface area (Å²) in [5.41, 5.74) is 5.40. The van der Waals surface area contributed by atoms with Crippen LogP contribution in [0.5, 0.6) is 0 Å². The molecule has 1 spiro atoms. The summed E-state index contributed by atoms with van der Waals surface area (Å²) in [6.07, 6.45) is 0.642. The highest BCUT2D eigenvalue weighted by Crippen LogP contribution is 2.53. The first-order chi connectivity index (χ1) is 15.8. The molecule has 33 heavy (non-hydrogen) atoms. The number of rotatable bonds is 6. The molecule has 4 atom stereocenters. The first kappa shape index (κ1) is 21.3. The zero-order valence-corrected chi connectivity index (χ0v) is 17.7. The maximum Gasteiger partial charge on any atom is 0.250 e. The minimum atomic E-state index is -1.58. The van der Waals surface area contributed by atoms with E-state index in [0.29, 0.717) is 17.7 Å². The Morgan fingerprint density at radius 3 is 2.58 bits per heavy atom. The van der Waals surface area contributed by atoms with Crippen molar-refractivity contribution in [1.82, 2.24) is 10.2 Å². The van der Waals surface area contributed by atoms with Crippen LogP contribution in [0.4, 0.5) is 10.1 Å². The van der Waals surface area contributed by atoms with Gasteiger partial charge >= 0.3 is 0 Å². The van der Waals surface area contributed by atoms with Gasteiger partial charge in [0.2, 0.25) is 23.6 Å². The number of hydrogen-bond acceptors (Lipinski definition) is 5. The normalized spacial score (nSPS) is 27.7. The summed E-state index contributed by atoms with van der Waals surface area (Å²) in [6, 6.07) is 12.7. The number of carbonyl (C=O) groups is 4. The van der Waals surface area contributed by atoms with Gasteiger partial charge in [-0.1, -0.05) is 30.3 Å². The van der Waals surface area contributed by atoms with E-state index in [9.17, 15) is 23.6 Å². The number of benzene rings is 2. The molecular formula is C24H23FN4O4. The van der Waals surface area contributed by atoms with Crippen molar-refractivity contribution in [2.45, 2.75) is 30.8 Å². The maximum absolute atomic E-state index is 14.2. The first-order valence-corrected chi connectivity index (χ1v) is 10.9. The molecule has 2 fully saturated rings. The molecule has 0 aromatic heterocycles. The largest absolute Gasteiger partial charge is 0.370 e. The standard InChI is InChI=1S/C24H23FN4O4/c25-14-6-7-16-15(12-14)24(23(33)27-16)20-19(17(28-24)8-9-18(26)30)21(31)29(22(20)32)11-10-13-4-2-1-3-5-13/h1-7,12,17,19-20,28H,8-11H2,(H2,26,30)(H,27,33)/t17-,19+,20-,24+/m0/s1. The Morgan fingerprint density at radius 2 is 1.85 bits per heavy atom. The molecule has 3 aliphatic rings. The highest BCUT2D eigenvalue weighted by Gasteiger charge is 2.70. The van der Waals surface area contributed by atoms with E-state index in [1.807, 2.05) is 30.3 Å². The van der Waals surface area contributed by atoms with Crippen LogP contribution in [0.25, 0.3) is 0 Å². The predicted octanol–water partition coefficient (Wildman–Crippen LogP) is 1.05. The second-order valence-electron chi connectivity index (χ2n) is 8.78. The zero-order valence-electron chi connectivity index (χ0n) is 17.7. The maximum atomic E-state index is 14.2. The summed E-state index contributed by atoms with van der Waals surface area (Å²) in [6.45, 7) is 0.172. The van der Waals surface area contributed by atoms with Gasteiger partial charge in [-0.15, -0.1) is 0 Å². The molecule has 2 aromatic rings. The summed E-state index contributed by atoms with van der Waals surface area (Å²) in [7, 11) is 0. The van der Waals surface area contributed by atoms with Crippen LogP contribution in [0.3, 0.4) is 0 Å². The Bertz CT molecular complexity index is 1170. The molecule has 0 bridgehead atoms. The minimum absolute atomic E-state index is 0.0138. The highest BCUT2D eigenvalue weighted by molar-refractivity contribution is 6.15. The number of imide groups is 1. The molecule has 0 radical (unpaired) electrons. The van der Waals surface area contributed by atoms with E-state index in [0.717, 1.165) is 5.56 Å². The number of anilines is 1. The van der Waals surface area contributed by atoms with Crippen LogP contribution in [0.15, 0.2) is 48.5 Å². The van der Waals surface area contributed by atoms with Crippen molar-refractivity contribution in [2.75, 3.05) is 11.9 Å². The molecule has 3 heterocycles. The molecule has 2 aromatic carbocycles. The first-order valence-electron chi connectivity index (χ1n) is 10.9. The van der Waals surface area contributed by atoms with Crippen molar-refractivity contribution >= 4 is 29.3 Å². The van der Waals surface area contributed by atoms with Crippen molar-refractivity contribution in [1.29, 1.82) is 0 Å². The third-order valence-corrected chi connectivity index (χ3v) is 6.94. The smallest absolute Gasteiger partial charge is 0.250 e. The molecule has 2 saturated heterocycles. The number of nitrogens with zero attached hydrogens (tertiary/aromatic N) is 1. The van der Waals surface area contributed by atoms with Crippen molar-refractivity contribution in [2.24, 2.45) is 17.6 Å². The quantitative estimate of drug-likeness (QED) is 0.568. The highest BCUT2D eigenvalue weighted by atomic mass is 19.1. The van der Waals surface area contributed by atoms with Gasteiger partial charge in [0.25, 0.3) is 0 Å². The molecule has 170 valence electrons. The Labute approximate surface area is 189 Å². The van der Waals surface area contributed by atoms with Gasteiger partial charge in [0.15, 0.2) is 0 Å². The number of primary amides is 1. The van der Waals surface area contributed by atoms with E-state index in [1.54, 1.807) is 0 Å². The second kappa shape index (κ2) is 7.77. The lowest BCUT2D eigenvalue weighted by Crippen LogP contribution is -2.53. The van der Waals surface area contributed by atoms with Crippen LogP contribution in [0.2, 0.25) is 0 Å². The summed E-state index contributed by atoms with van der Waals surface area (Å²) in [5.74, 6) is -4.37. The zero-order chi connectivity index (χ0) is 23.3. The topological polar surface area (TPSA) is 122 Å².